The van der Waals surface area contributed by atoms with Crippen LogP contribution in [-0.2, 0) is 4.74 Å². The average molecular weight is 284 g/mol. The van der Waals surface area contributed by atoms with Crippen LogP contribution in [0.4, 0.5) is 0 Å². The number of nitrogens with one attached hydrogen (secondary N) is 1. The van der Waals surface area contributed by atoms with Gasteiger partial charge in [-0.2, -0.15) is 0 Å². The first-order chi connectivity index (χ1) is 10.4. The lowest BCUT2D eigenvalue weighted by molar-refractivity contribution is 0.0947. The third-order valence-corrected chi connectivity index (χ3v) is 4.24. The summed E-state index contributed by atoms with van der Waals surface area (Å²) in [6.07, 6.45) is 8.90. The molecule has 0 saturated carbocycles. The molecule has 1 saturated heterocycles. The van der Waals surface area contributed by atoms with Crippen molar-refractivity contribution in [2.75, 3.05) is 13.2 Å². The second-order valence-corrected chi connectivity index (χ2v) is 5.83. The fourth-order valence-electron chi connectivity index (χ4n) is 3.15. The van der Waals surface area contributed by atoms with Crippen LogP contribution in [0.3, 0.4) is 0 Å². The molecule has 0 aliphatic carbocycles. The molecular weight excluding hydrogens is 260 g/mol. The SMILES string of the molecule is CCCNC(CC1CCCO1)c1cncc2ccccc12. The predicted molar refractivity (Wildman–Crippen MR) is 86.4 cm³/mol. The number of benzene rings is 1. The summed E-state index contributed by atoms with van der Waals surface area (Å²) in [5.41, 5.74) is 1.30. The van der Waals surface area contributed by atoms with Gasteiger partial charge in [0.05, 0.1) is 6.10 Å². The third kappa shape index (κ3) is 3.42. The van der Waals surface area contributed by atoms with Crippen LogP contribution in [0.15, 0.2) is 36.7 Å². The molecule has 21 heavy (non-hydrogen) atoms. The highest BCUT2D eigenvalue weighted by molar-refractivity contribution is 5.85. The van der Waals surface area contributed by atoms with Crippen LogP contribution in [-0.4, -0.2) is 24.2 Å². The molecule has 3 heteroatoms. The number of nitrogens with zero attached hydrogens (tertiary/aromatic N) is 1. The summed E-state index contributed by atoms with van der Waals surface area (Å²) in [4.78, 5) is 4.44. The highest BCUT2D eigenvalue weighted by Crippen LogP contribution is 2.29. The van der Waals surface area contributed by atoms with Gasteiger partial charge in [-0.25, -0.2) is 0 Å². The number of ether oxygens (including phenoxy) is 1. The Balaban J connectivity index is 1.89. The van der Waals surface area contributed by atoms with Gasteiger partial charge in [0, 0.05) is 30.4 Å². The van der Waals surface area contributed by atoms with Crippen molar-refractivity contribution in [1.82, 2.24) is 10.3 Å². The predicted octanol–water partition coefficient (Wildman–Crippen LogP) is 3.84. The number of pyridine rings is 1. The topological polar surface area (TPSA) is 34.1 Å². The molecule has 112 valence electrons. The summed E-state index contributed by atoms with van der Waals surface area (Å²) in [7, 11) is 0. The first-order valence-electron chi connectivity index (χ1n) is 8.06. The van der Waals surface area contributed by atoms with Crippen molar-refractivity contribution in [3.63, 3.8) is 0 Å². The molecule has 2 atom stereocenters. The Morgan fingerprint density at radius 2 is 2.24 bits per heavy atom. The molecule has 0 spiro atoms. The van der Waals surface area contributed by atoms with Crippen LogP contribution < -0.4 is 5.32 Å². The maximum Gasteiger partial charge on any atom is 0.0594 e. The summed E-state index contributed by atoms with van der Waals surface area (Å²) in [6.45, 7) is 4.15. The highest BCUT2D eigenvalue weighted by atomic mass is 16.5. The summed E-state index contributed by atoms with van der Waals surface area (Å²) in [5, 5.41) is 6.20. The summed E-state index contributed by atoms with van der Waals surface area (Å²) >= 11 is 0. The van der Waals surface area contributed by atoms with Gasteiger partial charge in [-0.05, 0) is 43.2 Å². The molecule has 1 fully saturated rings. The average Bonchev–Trinajstić information content (AvgIpc) is 3.04. The van der Waals surface area contributed by atoms with E-state index in [1.54, 1.807) is 0 Å². The molecule has 0 amide bonds. The normalized spacial score (nSPS) is 20.0. The lowest BCUT2D eigenvalue weighted by Gasteiger charge is -2.23. The Morgan fingerprint density at radius 3 is 3.05 bits per heavy atom. The Bertz CT molecular complexity index is 573. The summed E-state index contributed by atoms with van der Waals surface area (Å²) in [6, 6.07) is 8.83. The first-order valence-corrected chi connectivity index (χ1v) is 8.06. The lowest BCUT2D eigenvalue weighted by Crippen LogP contribution is -2.26. The van der Waals surface area contributed by atoms with E-state index in [-0.39, 0.29) is 0 Å². The van der Waals surface area contributed by atoms with Gasteiger partial charge in [0.15, 0.2) is 0 Å². The van der Waals surface area contributed by atoms with Crippen LogP contribution in [0.1, 0.15) is 44.2 Å². The lowest BCUT2D eigenvalue weighted by atomic mass is 9.96. The zero-order valence-electron chi connectivity index (χ0n) is 12.7. The Morgan fingerprint density at radius 1 is 1.33 bits per heavy atom. The minimum Gasteiger partial charge on any atom is -0.378 e. The number of fused-ring (bicyclic) bond motifs is 1. The van der Waals surface area contributed by atoms with E-state index < -0.39 is 0 Å². The van der Waals surface area contributed by atoms with E-state index in [0.717, 1.165) is 26.0 Å². The van der Waals surface area contributed by atoms with Gasteiger partial charge < -0.3 is 10.1 Å². The maximum atomic E-state index is 5.84. The van der Waals surface area contributed by atoms with Crippen LogP contribution in [0.5, 0.6) is 0 Å². The molecule has 2 unspecified atom stereocenters. The second kappa shape index (κ2) is 7.01. The van der Waals surface area contributed by atoms with Crippen molar-refractivity contribution in [3.8, 4) is 0 Å². The molecule has 1 aliphatic rings. The summed E-state index contributed by atoms with van der Waals surface area (Å²) in [5.74, 6) is 0. The van der Waals surface area contributed by atoms with Gasteiger partial charge in [-0.3, -0.25) is 4.98 Å². The van der Waals surface area contributed by atoms with Crippen molar-refractivity contribution in [1.29, 1.82) is 0 Å². The second-order valence-electron chi connectivity index (χ2n) is 5.83. The van der Waals surface area contributed by atoms with Gasteiger partial charge in [0.1, 0.15) is 0 Å². The molecule has 2 heterocycles. The van der Waals surface area contributed by atoms with Crippen molar-refractivity contribution >= 4 is 10.8 Å². The van der Waals surface area contributed by atoms with Crippen molar-refractivity contribution in [2.45, 2.75) is 44.8 Å². The van der Waals surface area contributed by atoms with Crippen LogP contribution in [0.2, 0.25) is 0 Å². The molecule has 0 radical (unpaired) electrons. The third-order valence-electron chi connectivity index (χ3n) is 4.24. The van der Waals surface area contributed by atoms with E-state index >= 15 is 0 Å². The van der Waals surface area contributed by atoms with Crippen LogP contribution in [0, 0.1) is 0 Å². The van der Waals surface area contributed by atoms with E-state index in [4.69, 9.17) is 4.74 Å². The highest BCUT2D eigenvalue weighted by Gasteiger charge is 2.22. The van der Waals surface area contributed by atoms with Crippen molar-refractivity contribution in [2.24, 2.45) is 0 Å². The van der Waals surface area contributed by atoms with Gasteiger partial charge in [-0.15, -0.1) is 0 Å². The molecule has 3 rings (SSSR count). The number of hydrogen-bond acceptors (Lipinski definition) is 3. The molecule has 1 aromatic carbocycles. The smallest absolute Gasteiger partial charge is 0.0594 e. The Labute approximate surface area is 126 Å². The van der Waals surface area contributed by atoms with Gasteiger partial charge in [-0.1, -0.05) is 31.2 Å². The fraction of sp³-hybridized carbons (Fsp3) is 0.500. The molecule has 1 N–H and O–H groups in total. The van der Waals surface area contributed by atoms with E-state index in [9.17, 15) is 0 Å². The summed E-state index contributed by atoms with van der Waals surface area (Å²) < 4.78 is 5.84. The number of aromatic nitrogens is 1. The van der Waals surface area contributed by atoms with E-state index in [2.05, 4.69) is 41.5 Å². The monoisotopic (exact) mass is 284 g/mol. The molecule has 2 aromatic rings. The maximum absolute atomic E-state index is 5.84. The fourth-order valence-corrected chi connectivity index (χ4v) is 3.15. The van der Waals surface area contributed by atoms with Crippen LogP contribution >= 0.6 is 0 Å². The van der Waals surface area contributed by atoms with E-state index in [1.807, 2.05) is 12.4 Å². The minimum atomic E-state index is 0.326. The number of rotatable bonds is 6. The Kier molecular flexibility index (Phi) is 4.84. The zero-order chi connectivity index (χ0) is 14.5. The Hall–Kier alpha value is -1.45. The van der Waals surface area contributed by atoms with Crippen LogP contribution in [0.25, 0.3) is 10.8 Å². The first kappa shape index (κ1) is 14.5. The molecule has 3 nitrogen and oxygen atoms in total. The quantitative estimate of drug-likeness (QED) is 0.875. The van der Waals surface area contributed by atoms with Gasteiger partial charge >= 0.3 is 0 Å². The van der Waals surface area contributed by atoms with Crippen molar-refractivity contribution < 1.29 is 4.74 Å². The molecule has 1 aliphatic heterocycles. The van der Waals surface area contributed by atoms with Crippen molar-refractivity contribution in [3.05, 3.63) is 42.2 Å². The largest absolute Gasteiger partial charge is 0.378 e. The molecule has 0 bridgehead atoms. The van der Waals surface area contributed by atoms with Gasteiger partial charge in [0.25, 0.3) is 0 Å². The standard InChI is InChI=1S/C18H24N2O/c1-2-9-20-18(11-15-7-5-10-21-15)17-13-19-12-14-6-3-4-8-16(14)17/h3-4,6,8,12-13,15,18,20H,2,5,7,9-11H2,1H3. The van der Waals surface area contributed by atoms with Gasteiger partial charge in [0.2, 0.25) is 0 Å². The van der Waals surface area contributed by atoms with E-state index in [1.165, 1.54) is 29.2 Å². The van der Waals surface area contributed by atoms with E-state index in [0.29, 0.717) is 12.1 Å². The molecular formula is C18H24N2O. The molecule has 1 aromatic heterocycles. The number of hydrogen-bond donors (Lipinski definition) is 1. The zero-order valence-corrected chi connectivity index (χ0v) is 12.7. The minimum absolute atomic E-state index is 0.326.